The number of benzene rings is 16. The first-order valence-electron chi connectivity index (χ1n) is 38.2. The van der Waals surface area contributed by atoms with Gasteiger partial charge in [-0.2, -0.15) is 0 Å². The van der Waals surface area contributed by atoms with Crippen LogP contribution < -0.4 is 9.80 Å². The summed E-state index contributed by atoms with van der Waals surface area (Å²) in [5.41, 5.74) is 40.6. The molecule has 1 atom stereocenters. The maximum absolute atomic E-state index is 2.63. The third-order valence-electron chi connectivity index (χ3n) is 26.0. The summed E-state index contributed by atoms with van der Waals surface area (Å²) in [5, 5.41) is 4.93. The molecule has 108 heavy (non-hydrogen) atoms. The quantitative estimate of drug-likeness (QED) is 0.158. The van der Waals surface area contributed by atoms with Gasteiger partial charge in [0.15, 0.2) is 0 Å². The van der Waals surface area contributed by atoms with Crippen LogP contribution in [-0.2, 0) is 21.7 Å². The molecule has 0 bridgehead atoms. The molecule has 0 saturated heterocycles. The molecule has 24 rings (SSSR count). The Bertz CT molecular complexity index is 6970. The number of anilines is 6. The normalized spacial score (nSPS) is 15.9. The largest absolute Gasteiger partial charge is 0.310 e. The zero-order valence-electron chi connectivity index (χ0n) is 60.3. The molecular weight excluding hydrogens is 1310 g/mol. The minimum Gasteiger partial charge on any atom is -0.310 e. The van der Waals surface area contributed by atoms with Gasteiger partial charge in [-0.25, -0.2) is 0 Å². The van der Waals surface area contributed by atoms with Gasteiger partial charge in [-0.1, -0.05) is 295 Å². The van der Waals surface area contributed by atoms with Crippen molar-refractivity contribution in [1.82, 2.24) is 9.13 Å². The van der Waals surface area contributed by atoms with E-state index in [1.54, 1.807) is 0 Å². The van der Waals surface area contributed by atoms with Crippen molar-refractivity contribution in [3.05, 3.63) is 419 Å². The molecule has 0 N–H and O–H groups in total. The third kappa shape index (κ3) is 7.31. The van der Waals surface area contributed by atoms with E-state index in [0.717, 1.165) is 28.4 Å². The SMILES string of the molecule is CC1(C)c2ccccc2-c2c(N(c3ccccc3)c3ccc4c(c3)c3cccc5c3n4-c3ccccc3C53c4ccccc4-c4ccccc43)cc(-c3ccc4c5c3c3ccccc3n5-c3ccccc3C43c4ccccc4-c4c(N(c5ccccc5)c5cccc6c5C(C)(C)c5ccccc5-6)cccc43)cc21. The van der Waals surface area contributed by atoms with Crippen LogP contribution in [0.25, 0.3) is 111 Å². The Balaban J connectivity index is 0.755. The van der Waals surface area contributed by atoms with E-state index in [4.69, 9.17) is 0 Å². The van der Waals surface area contributed by atoms with E-state index in [1.807, 2.05) is 0 Å². The molecule has 18 aromatic rings. The number of aromatic nitrogens is 2. The Hall–Kier alpha value is -13.3. The van der Waals surface area contributed by atoms with E-state index in [9.17, 15) is 0 Å². The molecule has 506 valence electrons. The minimum absolute atomic E-state index is 0.266. The van der Waals surface area contributed by atoms with Gasteiger partial charge in [0.1, 0.15) is 0 Å². The van der Waals surface area contributed by atoms with Gasteiger partial charge in [0.05, 0.1) is 61.3 Å². The highest BCUT2D eigenvalue weighted by Gasteiger charge is 2.54. The Kier molecular flexibility index (Phi) is 11.8. The van der Waals surface area contributed by atoms with Crippen LogP contribution in [0.2, 0.25) is 0 Å². The highest BCUT2D eigenvalue weighted by atomic mass is 15.2. The van der Waals surface area contributed by atoms with Crippen molar-refractivity contribution in [1.29, 1.82) is 0 Å². The number of para-hydroxylation sites is 6. The van der Waals surface area contributed by atoms with E-state index >= 15 is 0 Å². The van der Waals surface area contributed by atoms with Crippen LogP contribution in [0.5, 0.6) is 0 Å². The number of hydrogen-bond donors (Lipinski definition) is 0. The molecule has 4 heteroatoms. The summed E-state index contributed by atoms with van der Waals surface area (Å²) in [6, 6.07) is 135. The number of hydrogen-bond acceptors (Lipinski definition) is 2. The van der Waals surface area contributed by atoms with Crippen molar-refractivity contribution in [2.75, 3.05) is 9.80 Å². The van der Waals surface area contributed by atoms with Crippen LogP contribution in [0.3, 0.4) is 0 Å². The van der Waals surface area contributed by atoms with Crippen LogP contribution >= 0.6 is 0 Å². The second-order valence-corrected chi connectivity index (χ2v) is 31.6. The smallest absolute Gasteiger partial charge is 0.0755 e. The first-order valence-corrected chi connectivity index (χ1v) is 38.2. The summed E-state index contributed by atoms with van der Waals surface area (Å²) in [6.45, 7) is 9.72. The first kappa shape index (κ1) is 60.0. The van der Waals surface area contributed by atoms with Crippen molar-refractivity contribution in [3.63, 3.8) is 0 Å². The summed E-state index contributed by atoms with van der Waals surface area (Å²) in [7, 11) is 0. The fourth-order valence-corrected chi connectivity index (χ4v) is 21.9. The van der Waals surface area contributed by atoms with E-state index in [-0.39, 0.29) is 10.8 Å². The second kappa shape index (κ2) is 21.2. The van der Waals surface area contributed by atoms with Gasteiger partial charge in [0, 0.05) is 60.6 Å². The van der Waals surface area contributed by atoms with Crippen molar-refractivity contribution < 1.29 is 0 Å². The molecule has 4 heterocycles. The number of rotatable bonds is 7. The van der Waals surface area contributed by atoms with Crippen LogP contribution in [0.1, 0.15) is 94.5 Å². The molecular formula is C104H70N4. The van der Waals surface area contributed by atoms with Crippen molar-refractivity contribution in [2.24, 2.45) is 0 Å². The molecule has 16 aromatic carbocycles. The van der Waals surface area contributed by atoms with Crippen molar-refractivity contribution in [2.45, 2.75) is 49.4 Å². The van der Waals surface area contributed by atoms with Crippen molar-refractivity contribution >= 4 is 77.7 Å². The zero-order valence-corrected chi connectivity index (χ0v) is 60.3. The molecule has 4 nitrogen and oxygen atoms in total. The summed E-state index contributed by atoms with van der Waals surface area (Å²) in [6.07, 6.45) is 0. The summed E-state index contributed by atoms with van der Waals surface area (Å²) >= 11 is 0. The Labute approximate surface area is 627 Å². The Morgan fingerprint density at radius 3 is 1.38 bits per heavy atom. The molecule has 2 aliphatic heterocycles. The molecule has 0 amide bonds. The van der Waals surface area contributed by atoms with E-state index in [1.165, 1.54) is 183 Å². The predicted molar refractivity (Wildman–Crippen MR) is 447 cm³/mol. The summed E-state index contributed by atoms with van der Waals surface area (Å²) < 4.78 is 5.21. The molecule has 2 aromatic heterocycles. The van der Waals surface area contributed by atoms with Crippen LogP contribution in [0.15, 0.2) is 352 Å². The molecule has 6 aliphatic rings. The third-order valence-corrected chi connectivity index (χ3v) is 26.0. The number of fused-ring (bicyclic) bond motifs is 30. The minimum atomic E-state index is -0.732. The summed E-state index contributed by atoms with van der Waals surface area (Å²) in [5.74, 6) is 0. The lowest BCUT2D eigenvalue weighted by molar-refractivity contribution is 0.660. The molecule has 4 aliphatic carbocycles. The topological polar surface area (TPSA) is 16.3 Å². The first-order chi connectivity index (χ1) is 53.2. The van der Waals surface area contributed by atoms with Crippen molar-refractivity contribution in [3.8, 4) is 67.0 Å². The fourth-order valence-electron chi connectivity index (χ4n) is 21.9. The van der Waals surface area contributed by atoms with Gasteiger partial charge >= 0.3 is 0 Å². The summed E-state index contributed by atoms with van der Waals surface area (Å²) in [4.78, 5) is 5.17. The average molecular weight is 1380 g/mol. The van der Waals surface area contributed by atoms with Gasteiger partial charge in [0.25, 0.3) is 0 Å². The van der Waals surface area contributed by atoms with Gasteiger partial charge in [-0.15, -0.1) is 0 Å². The van der Waals surface area contributed by atoms with Gasteiger partial charge in [-0.05, 0) is 196 Å². The van der Waals surface area contributed by atoms with Gasteiger partial charge in [-0.3, -0.25) is 0 Å². The second-order valence-electron chi connectivity index (χ2n) is 31.6. The highest BCUT2D eigenvalue weighted by molar-refractivity contribution is 6.20. The molecule has 1 unspecified atom stereocenters. The van der Waals surface area contributed by atoms with Crippen LogP contribution in [-0.4, -0.2) is 9.13 Å². The maximum Gasteiger partial charge on any atom is 0.0755 e. The van der Waals surface area contributed by atoms with Crippen LogP contribution in [0, 0.1) is 0 Å². The van der Waals surface area contributed by atoms with E-state index in [0.29, 0.717) is 0 Å². The Morgan fingerprint density at radius 2 is 0.694 bits per heavy atom. The van der Waals surface area contributed by atoms with Gasteiger partial charge in [0.2, 0.25) is 0 Å². The molecule has 2 spiro atoms. The molecule has 0 fully saturated rings. The van der Waals surface area contributed by atoms with E-state index < -0.39 is 10.8 Å². The molecule has 0 radical (unpaired) electrons. The van der Waals surface area contributed by atoms with Gasteiger partial charge < -0.3 is 18.9 Å². The molecule has 0 saturated carbocycles. The Morgan fingerprint density at radius 1 is 0.241 bits per heavy atom. The van der Waals surface area contributed by atoms with E-state index in [2.05, 4.69) is 398 Å². The lowest BCUT2D eigenvalue weighted by Crippen LogP contribution is -2.33. The zero-order chi connectivity index (χ0) is 71.3. The lowest BCUT2D eigenvalue weighted by Gasteiger charge is -2.40. The van der Waals surface area contributed by atoms with Crippen LogP contribution in [0.4, 0.5) is 34.1 Å². The predicted octanol–water partition coefficient (Wildman–Crippen LogP) is 26.5. The monoisotopic (exact) mass is 1370 g/mol. The number of nitrogens with zero attached hydrogens (tertiary/aromatic N) is 4. The maximum atomic E-state index is 2.63. The fraction of sp³-hybridized carbons (Fsp3) is 0.0769. The highest BCUT2D eigenvalue weighted by Crippen LogP contribution is 2.67. The standard InChI is InChI=1S/C104H70N4/c1-101(2)78-43-18-14-37-73(78)97-87(101)60-63(61-94(97)105(64-30-7-5-8-31-64)66-56-59-89-76(62-66)72-41-27-50-85-99(72)107(89)90-52-25-22-47-82(90)103(85)79-44-19-12-34-68(79)69-35-13-20-45-80(69)103)67-57-58-86-100-95(67)75-39-16-24-51-88(75)108(100)91-53-26-23-48-83(91)104(86)81-46-21-15-38-74(81)96-84(104)49-29-54-92(96)106(65-32-9-6-10-33-65)93-55-28-40-71-70-36-11-17-42-77(70)102(3,4)98(71)93/h5-62H,1-4H3. The lowest BCUT2D eigenvalue weighted by atomic mass is 9.65. The average Bonchev–Trinajstić information content (AvgIpc) is 1.59.